The molecular formula is C13H17IN2O2S. The minimum atomic E-state index is -0.326. The molecule has 104 valence electrons. The normalized spacial score (nSPS) is 19.0. The lowest BCUT2D eigenvalue weighted by molar-refractivity contribution is -0.385. The van der Waals surface area contributed by atoms with E-state index < -0.39 is 0 Å². The summed E-state index contributed by atoms with van der Waals surface area (Å²) in [4.78, 5) is 12.8. The molecule has 0 bridgehead atoms. The van der Waals surface area contributed by atoms with Crippen LogP contribution in [0.25, 0.3) is 0 Å². The van der Waals surface area contributed by atoms with Gasteiger partial charge >= 0.3 is 0 Å². The van der Waals surface area contributed by atoms with Crippen LogP contribution in [0.3, 0.4) is 0 Å². The van der Waals surface area contributed by atoms with Crippen molar-refractivity contribution < 1.29 is 4.92 Å². The number of thioether (sulfide) groups is 1. The predicted octanol–water partition coefficient (Wildman–Crippen LogP) is 3.92. The molecule has 0 aliphatic carbocycles. The highest BCUT2D eigenvalue weighted by Gasteiger charge is 2.24. The molecule has 0 saturated carbocycles. The average molecular weight is 392 g/mol. The van der Waals surface area contributed by atoms with Crippen LogP contribution in [0.1, 0.15) is 20.3 Å². The lowest BCUT2D eigenvalue weighted by Crippen LogP contribution is -2.26. The summed E-state index contributed by atoms with van der Waals surface area (Å²) in [5.41, 5.74) is 1.28. The van der Waals surface area contributed by atoms with E-state index in [2.05, 4.69) is 18.7 Å². The third kappa shape index (κ3) is 3.75. The second kappa shape index (κ2) is 5.87. The molecule has 0 atom stereocenters. The number of hydrogen-bond donors (Lipinski definition) is 0. The molecule has 0 spiro atoms. The van der Waals surface area contributed by atoms with Crippen LogP contribution in [-0.2, 0) is 0 Å². The number of nitro benzene ring substituents is 1. The number of halogens is 1. The zero-order chi connectivity index (χ0) is 14.0. The lowest BCUT2D eigenvalue weighted by atomic mass is 10.1. The van der Waals surface area contributed by atoms with Gasteiger partial charge < -0.3 is 4.90 Å². The number of benzene rings is 1. The Kier molecular flexibility index (Phi) is 4.60. The summed E-state index contributed by atoms with van der Waals surface area (Å²) in [7, 11) is 0. The summed E-state index contributed by atoms with van der Waals surface area (Å²) in [6.45, 7) is 6.57. The third-order valence-electron chi connectivity index (χ3n) is 3.33. The van der Waals surface area contributed by atoms with Crippen LogP contribution < -0.4 is 4.90 Å². The summed E-state index contributed by atoms with van der Waals surface area (Å²) in [5, 5.41) is 10.8. The second-order valence-corrected chi connectivity index (χ2v) is 8.20. The fourth-order valence-electron chi connectivity index (χ4n) is 2.12. The molecule has 1 aromatic carbocycles. The first kappa shape index (κ1) is 14.9. The minimum Gasteiger partial charge on any atom is -0.371 e. The summed E-state index contributed by atoms with van der Waals surface area (Å²) < 4.78 is 1.03. The van der Waals surface area contributed by atoms with Gasteiger partial charge in [-0.25, -0.2) is 0 Å². The van der Waals surface area contributed by atoms with Gasteiger partial charge in [0.05, 0.1) is 8.49 Å². The highest BCUT2D eigenvalue weighted by molar-refractivity contribution is 14.1. The van der Waals surface area contributed by atoms with Gasteiger partial charge in [0.25, 0.3) is 5.69 Å². The first-order valence-corrected chi connectivity index (χ1v) is 8.28. The first-order chi connectivity index (χ1) is 8.89. The van der Waals surface area contributed by atoms with Crippen molar-refractivity contribution in [2.45, 2.75) is 25.0 Å². The second-order valence-electron chi connectivity index (χ2n) is 5.24. The summed E-state index contributed by atoms with van der Waals surface area (Å²) in [6, 6.07) is 5.39. The van der Waals surface area contributed by atoms with E-state index in [1.807, 2.05) is 46.5 Å². The van der Waals surface area contributed by atoms with E-state index in [0.29, 0.717) is 8.32 Å². The SMILES string of the molecule is CC1(C)CCN(c2ccc([N+](=O)[O-])c(I)c2)CCS1. The first-order valence-electron chi connectivity index (χ1n) is 6.22. The smallest absolute Gasteiger partial charge is 0.282 e. The fourth-order valence-corrected chi connectivity index (χ4v) is 3.91. The quantitative estimate of drug-likeness (QED) is 0.435. The molecule has 1 fully saturated rings. The van der Waals surface area contributed by atoms with Gasteiger partial charge in [0.15, 0.2) is 0 Å². The van der Waals surface area contributed by atoms with Crippen molar-refractivity contribution in [2.75, 3.05) is 23.7 Å². The molecule has 2 rings (SSSR count). The van der Waals surface area contributed by atoms with E-state index in [-0.39, 0.29) is 10.6 Å². The molecule has 1 aliphatic rings. The molecular weight excluding hydrogens is 375 g/mol. The average Bonchev–Trinajstić information content (AvgIpc) is 2.49. The maximum Gasteiger partial charge on any atom is 0.282 e. The molecule has 0 unspecified atom stereocenters. The van der Waals surface area contributed by atoms with Crippen molar-refractivity contribution in [3.8, 4) is 0 Å². The van der Waals surface area contributed by atoms with Crippen LogP contribution in [0.4, 0.5) is 11.4 Å². The molecule has 19 heavy (non-hydrogen) atoms. The van der Waals surface area contributed by atoms with Crippen LogP contribution in [0.15, 0.2) is 18.2 Å². The Labute approximate surface area is 131 Å². The Balaban J connectivity index is 2.18. The van der Waals surface area contributed by atoms with Crippen molar-refractivity contribution in [3.05, 3.63) is 31.9 Å². The molecule has 1 aliphatic heterocycles. The Hall–Kier alpha value is -0.500. The van der Waals surface area contributed by atoms with E-state index in [0.717, 1.165) is 31.0 Å². The van der Waals surface area contributed by atoms with Gasteiger partial charge in [-0.15, -0.1) is 0 Å². The molecule has 0 radical (unpaired) electrons. The van der Waals surface area contributed by atoms with E-state index in [1.54, 1.807) is 6.07 Å². The Bertz CT molecular complexity index is 494. The van der Waals surface area contributed by atoms with Crippen molar-refractivity contribution in [2.24, 2.45) is 0 Å². The molecule has 6 heteroatoms. The van der Waals surface area contributed by atoms with E-state index in [1.165, 1.54) is 0 Å². The number of nitrogens with zero attached hydrogens (tertiary/aromatic N) is 2. The van der Waals surface area contributed by atoms with Gasteiger partial charge in [-0.3, -0.25) is 10.1 Å². The van der Waals surface area contributed by atoms with Gasteiger partial charge in [-0.2, -0.15) is 11.8 Å². The molecule has 0 aromatic heterocycles. The molecule has 0 amide bonds. The van der Waals surface area contributed by atoms with Crippen molar-refractivity contribution in [1.29, 1.82) is 0 Å². The van der Waals surface area contributed by atoms with Gasteiger partial charge in [0.2, 0.25) is 0 Å². The number of anilines is 1. The summed E-state index contributed by atoms with van der Waals surface area (Å²) >= 11 is 4.04. The molecule has 1 aromatic rings. The summed E-state index contributed by atoms with van der Waals surface area (Å²) in [6.07, 6.45) is 1.13. The van der Waals surface area contributed by atoms with Crippen molar-refractivity contribution in [3.63, 3.8) is 0 Å². The van der Waals surface area contributed by atoms with Crippen LogP contribution in [-0.4, -0.2) is 28.5 Å². The van der Waals surface area contributed by atoms with Crippen LogP contribution in [0.5, 0.6) is 0 Å². The predicted molar refractivity (Wildman–Crippen MR) is 89.2 cm³/mol. The summed E-state index contributed by atoms with van der Waals surface area (Å²) in [5.74, 6) is 1.10. The standard InChI is InChI=1S/C13H17IN2O2S/c1-13(2)5-6-15(7-8-19-13)10-3-4-12(16(17)18)11(14)9-10/h3-4,9H,5-8H2,1-2H3. The largest absolute Gasteiger partial charge is 0.371 e. The van der Waals surface area contributed by atoms with E-state index >= 15 is 0 Å². The highest BCUT2D eigenvalue weighted by Crippen LogP contribution is 2.33. The topological polar surface area (TPSA) is 46.4 Å². The molecule has 1 heterocycles. The number of hydrogen-bond acceptors (Lipinski definition) is 4. The zero-order valence-corrected chi connectivity index (χ0v) is 14.0. The van der Waals surface area contributed by atoms with Gasteiger partial charge in [-0.1, -0.05) is 13.8 Å². The van der Waals surface area contributed by atoms with Crippen molar-refractivity contribution in [1.82, 2.24) is 0 Å². The Morgan fingerprint density at radius 1 is 1.42 bits per heavy atom. The monoisotopic (exact) mass is 392 g/mol. The zero-order valence-electron chi connectivity index (χ0n) is 11.1. The lowest BCUT2D eigenvalue weighted by Gasteiger charge is -2.24. The van der Waals surface area contributed by atoms with E-state index in [9.17, 15) is 10.1 Å². The van der Waals surface area contributed by atoms with Crippen LogP contribution in [0.2, 0.25) is 0 Å². The Morgan fingerprint density at radius 3 is 2.79 bits per heavy atom. The van der Waals surface area contributed by atoms with Crippen LogP contribution in [0, 0.1) is 13.7 Å². The minimum absolute atomic E-state index is 0.189. The molecule has 0 N–H and O–H groups in total. The van der Waals surface area contributed by atoms with Gasteiger partial charge in [0, 0.05) is 35.3 Å². The van der Waals surface area contributed by atoms with E-state index in [4.69, 9.17) is 0 Å². The molecule has 4 nitrogen and oxygen atoms in total. The molecule has 1 saturated heterocycles. The number of rotatable bonds is 2. The fraction of sp³-hybridized carbons (Fsp3) is 0.538. The van der Waals surface area contributed by atoms with Gasteiger partial charge in [0.1, 0.15) is 0 Å². The highest BCUT2D eigenvalue weighted by atomic mass is 127. The maximum atomic E-state index is 10.8. The third-order valence-corrected chi connectivity index (χ3v) is 5.57. The van der Waals surface area contributed by atoms with Crippen LogP contribution >= 0.6 is 34.4 Å². The van der Waals surface area contributed by atoms with Gasteiger partial charge in [-0.05, 0) is 41.1 Å². The maximum absolute atomic E-state index is 10.8. The van der Waals surface area contributed by atoms with Crippen molar-refractivity contribution >= 4 is 45.7 Å². The number of nitro groups is 1. The Morgan fingerprint density at radius 2 is 2.16 bits per heavy atom.